The second kappa shape index (κ2) is 8.30. The summed E-state index contributed by atoms with van der Waals surface area (Å²) in [5.41, 5.74) is 1.97. The normalized spacial score (nSPS) is 10.0. The summed E-state index contributed by atoms with van der Waals surface area (Å²) in [5.74, 6) is 1.46. The second-order valence-electron chi connectivity index (χ2n) is 4.91. The van der Waals surface area contributed by atoms with E-state index in [1.54, 1.807) is 13.2 Å². The first-order valence-corrected chi connectivity index (χ1v) is 7.73. The molecule has 120 valence electrons. The molecule has 0 aliphatic heterocycles. The van der Waals surface area contributed by atoms with Crippen LogP contribution in [0.2, 0.25) is 5.02 Å². The van der Waals surface area contributed by atoms with E-state index in [0.717, 1.165) is 17.0 Å². The van der Waals surface area contributed by atoms with Crippen LogP contribution in [0, 0.1) is 11.3 Å². The molecule has 0 amide bonds. The van der Waals surface area contributed by atoms with Gasteiger partial charge in [0.1, 0.15) is 18.0 Å². The maximum Gasteiger partial charge on any atom is 0.137 e. The highest BCUT2D eigenvalue weighted by Crippen LogP contribution is 2.29. The Morgan fingerprint density at radius 2 is 1.91 bits per heavy atom. The quantitative estimate of drug-likeness (QED) is 0.711. The Kier molecular flexibility index (Phi) is 6.13. The van der Waals surface area contributed by atoms with Crippen molar-refractivity contribution in [3.8, 4) is 17.6 Å². The second-order valence-corrected chi connectivity index (χ2v) is 5.32. The van der Waals surface area contributed by atoms with E-state index in [-0.39, 0.29) is 6.54 Å². The Morgan fingerprint density at radius 1 is 1.17 bits per heavy atom. The molecule has 0 heterocycles. The van der Waals surface area contributed by atoms with Crippen LogP contribution in [-0.4, -0.2) is 20.3 Å². The van der Waals surface area contributed by atoms with Gasteiger partial charge in [-0.15, -0.1) is 0 Å². The van der Waals surface area contributed by atoms with Crippen molar-refractivity contribution in [3.63, 3.8) is 0 Å². The number of benzene rings is 2. The third-order valence-electron chi connectivity index (χ3n) is 3.37. The van der Waals surface area contributed by atoms with Crippen molar-refractivity contribution in [1.29, 1.82) is 5.26 Å². The minimum absolute atomic E-state index is 0.274. The number of hydrogen-bond donors (Lipinski definition) is 0. The zero-order valence-electron chi connectivity index (χ0n) is 13.3. The average molecular weight is 331 g/mol. The number of nitrogens with zero attached hydrogens (tertiary/aromatic N) is 2. The van der Waals surface area contributed by atoms with Gasteiger partial charge < -0.3 is 14.4 Å². The van der Waals surface area contributed by atoms with Crippen LogP contribution in [0.1, 0.15) is 12.5 Å². The van der Waals surface area contributed by atoms with E-state index in [1.165, 1.54) is 0 Å². The van der Waals surface area contributed by atoms with Crippen molar-refractivity contribution in [2.75, 3.05) is 25.2 Å². The van der Waals surface area contributed by atoms with Crippen molar-refractivity contribution in [1.82, 2.24) is 0 Å². The number of hydrogen-bond acceptors (Lipinski definition) is 4. The molecule has 0 fully saturated rings. The maximum atomic E-state index is 9.09. The molecular weight excluding hydrogens is 312 g/mol. The average Bonchev–Trinajstić information content (AvgIpc) is 2.56. The van der Waals surface area contributed by atoms with Gasteiger partial charge in [-0.05, 0) is 42.8 Å². The molecule has 4 nitrogen and oxygen atoms in total. The monoisotopic (exact) mass is 330 g/mol. The number of anilines is 1. The lowest BCUT2D eigenvalue weighted by Gasteiger charge is -2.22. The molecule has 2 rings (SSSR count). The summed E-state index contributed by atoms with van der Waals surface area (Å²) in [4.78, 5) is 1.96. The number of ether oxygens (including phenoxy) is 2. The van der Waals surface area contributed by atoms with E-state index in [1.807, 2.05) is 48.2 Å². The SMILES string of the molecule is CCOc1ccc(CN(CC#N)c2ccc(OC)c(Cl)c2)cc1. The summed E-state index contributed by atoms with van der Waals surface area (Å²) in [5, 5.41) is 9.62. The topological polar surface area (TPSA) is 45.5 Å². The van der Waals surface area contributed by atoms with Crippen LogP contribution in [0.25, 0.3) is 0 Å². The van der Waals surface area contributed by atoms with Crippen molar-refractivity contribution < 1.29 is 9.47 Å². The summed E-state index contributed by atoms with van der Waals surface area (Å²) in [6.07, 6.45) is 0. The predicted molar refractivity (Wildman–Crippen MR) is 92.3 cm³/mol. The van der Waals surface area contributed by atoms with E-state index in [9.17, 15) is 0 Å². The van der Waals surface area contributed by atoms with Crippen LogP contribution in [-0.2, 0) is 6.54 Å². The van der Waals surface area contributed by atoms with Gasteiger partial charge in [0.2, 0.25) is 0 Å². The van der Waals surface area contributed by atoms with Gasteiger partial charge in [-0.3, -0.25) is 0 Å². The molecule has 0 bridgehead atoms. The van der Waals surface area contributed by atoms with Crippen LogP contribution in [0.15, 0.2) is 42.5 Å². The lowest BCUT2D eigenvalue weighted by Crippen LogP contribution is -2.22. The van der Waals surface area contributed by atoms with Gasteiger partial charge in [0.15, 0.2) is 0 Å². The van der Waals surface area contributed by atoms with Gasteiger partial charge in [0.05, 0.1) is 24.8 Å². The van der Waals surface area contributed by atoms with Crippen LogP contribution in [0.5, 0.6) is 11.5 Å². The molecule has 23 heavy (non-hydrogen) atoms. The van der Waals surface area contributed by atoms with E-state index in [4.69, 9.17) is 26.3 Å². The summed E-state index contributed by atoms with van der Waals surface area (Å²) < 4.78 is 10.6. The molecule has 0 saturated heterocycles. The molecule has 0 radical (unpaired) electrons. The highest BCUT2D eigenvalue weighted by atomic mass is 35.5. The minimum Gasteiger partial charge on any atom is -0.495 e. The number of methoxy groups -OCH3 is 1. The minimum atomic E-state index is 0.274. The molecule has 2 aromatic carbocycles. The summed E-state index contributed by atoms with van der Waals surface area (Å²) in [7, 11) is 1.58. The number of halogens is 1. The number of rotatable bonds is 7. The first-order valence-electron chi connectivity index (χ1n) is 7.35. The highest BCUT2D eigenvalue weighted by molar-refractivity contribution is 6.32. The molecule has 0 N–H and O–H groups in total. The van der Waals surface area contributed by atoms with Crippen LogP contribution in [0.4, 0.5) is 5.69 Å². The van der Waals surface area contributed by atoms with Crippen LogP contribution in [0.3, 0.4) is 0 Å². The molecule has 0 saturated carbocycles. The van der Waals surface area contributed by atoms with E-state index < -0.39 is 0 Å². The standard InChI is InChI=1S/C18H19ClN2O2/c1-3-23-16-7-4-14(5-8-16)13-21(11-10-20)15-6-9-18(22-2)17(19)12-15/h4-9,12H,3,11,13H2,1-2H3. The van der Waals surface area contributed by atoms with Gasteiger partial charge in [-0.1, -0.05) is 23.7 Å². The molecule has 0 unspecified atom stereocenters. The molecule has 0 aliphatic rings. The van der Waals surface area contributed by atoms with Crippen LogP contribution >= 0.6 is 11.6 Å². The molecule has 0 spiro atoms. The van der Waals surface area contributed by atoms with Gasteiger partial charge >= 0.3 is 0 Å². The number of nitriles is 1. The van der Waals surface area contributed by atoms with Gasteiger partial charge in [0, 0.05) is 12.2 Å². The molecule has 0 atom stereocenters. The summed E-state index contributed by atoms with van der Waals surface area (Å²) >= 11 is 6.18. The van der Waals surface area contributed by atoms with Gasteiger partial charge in [-0.2, -0.15) is 5.26 Å². The van der Waals surface area contributed by atoms with Gasteiger partial charge in [-0.25, -0.2) is 0 Å². The van der Waals surface area contributed by atoms with Crippen molar-refractivity contribution in [2.45, 2.75) is 13.5 Å². The zero-order valence-corrected chi connectivity index (χ0v) is 14.0. The Hall–Kier alpha value is -2.38. The fraction of sp³-hybridized carbons (Fsp3) is 0.278. The fourth-order valence-electron chi connectivity index (χ4n) is 2.25. The lowest BCUT2D eigenvalue weighted by molar-refractivity contribution is 0.340. The van der Waals surface area contributed by atoms with Crippen molar-refractivity contribution >= 4 is 17.3 Å². The first-order chi connectivity index (χ1) is 11.2. The third kappa shape index (κ3) is 4.54. The smallest absolute Gasteiger partial charge is 0.137 e. The van der Waals surface area contributed by atoms with E-state index in [0.29, 0.717) is 23.9 Å². The van der Waals surface area contributed by atoms with E-state index in [2.05, 4.69) is 6.07 Å². The Balaban J connectivity index is 2.18. The fourth-order valence-corrected chi connectivity index (χ4v) is 2.51. The van der Waals surface area contributed by atoms with Crippen LogP contribution < -0.4 is 14.4 Å². The maximum absolute atomic E-state index is 9.09. The van der Waals surface area contributed by atoms with Crippen molar-refractivity contribution in [2.24, 2.45) is 0 Å². The van der Waals surface area contributed by atoms with Gasteiger partial charge in [0.25, 0.3) is 0 Å². The molecule has 0 aromatic heterocycles. The first kappa shape index (κ1) is 17.0. The zero-order chi connectivity index (χ0) is 16.7. The van der Waals surface area contributed by atoms with E-state index >= 15 is 0 Å². The predicted octanol–water partition coefficient (Wildman–Crippen LogP) is 4.28. The Bertz CT molecular complexity index is 680. The Morgan fingerprint density at radius 3 is 2.48 bits per heavy atom. The van der Waals surface area contributed by atoms with Crippen molar-refractivity contribution in [3.05, 3.63) is 53.1 Å². The molecule has 2 aromatic rings. The molecular formula is C18H19ClN2O2. The lowest BCUT2D eigenvalue weighted by atomic mass is 10.2. The molecule has 5 heteroatoms. The largest absolute Gasteiger partial charge is 0.495 e. The summed E-state index contributed by atoms with van der Waals surface area (Å²) in [6, 6.07) is 15.6. The Labute approximate surface area is 141 Å². The molecule has 0 aliphatic carbocycles. The third-order valence-corrected chi connectivity index (χ3v) is 3.67. The highest BCUT2D eigenvalue weighted by Gasteiger charge is 2.10. The summed E-state index contributed by atoms with van der Waals surface area (Å²) in [6.45, 7) is 3.48.